The van der Waals surface area contributed by atoms with Crippen molar-refractivity contribution in [2.24, 2.45) is 0 Å². The molecule has 78 heavy (non-hydrogen) atoms. The quantitative estimate of drug-likeness (QED) is 0.0179. The van der Waals surface area contributed by atoms with E-state index in [0.717, 1.165) is 32.5 Å². The van der Waals surface area contributed by atoms with E-state index in [9.17, 15) is 53.1 Å². The summed E-state index contributed by atoms with van der Waals surface area (Å²) in [4.78, 5) is 134. The topological polar surface area (TPSA) is 284 Å². The van der Waals surface area contributed by atoms with Crippen LogP contribution in [0.5, 0.6) is 0 Å². The third-order valence-electron chi connectivity index (χ3n) is 14.8. The number of esters is 1. The van der Waals surface area contributed by atoms with E-state index in [2.05, 4.69) is 26.6 Å². The van der Waals surface area contributed by atoms with Crippen molar-refractivity contribution in [3.63, 3.8) is 0 Å². The molecule has 0 bridgehead atoms. The van der Waals surface area contributed by atoms with Gasteiger partial charge in [-0.3, -0.25) is 43.3 Å². The van der Waals surface area contributed by atoms with Gasteiger partial charge in [0.05, 0.1) is 61.0 Å². The first-order chi connectivity index (χ1) is 37.4. The van der Waals surface area contributed by atoms with Gasteiger partial charge >= 0.3 is 11.9 Å². The maximum Gasteiger partial charge on any atom is 0.386 e. The van der Waals surface area contributed by atoms with E-state index in [1.807, 2.05) is 6.21 Å². The summed E-state index contributed by atoms with van der Waals surface area (Å²) in [7, 11) is 1.66. The molecular formula is C56H63FN9O12+. The minimum atomic E-state index is -2.02. The Morgan fingerprint density at radius 1 is 0.859 bits per heavy atom. The van der Waals surface area contributed by atoms with E-state index in [1.165, 1.54) is 22.8 Å². The number of hydrogen-bond acceptors (Lipinski definition) is 13. The second-order valence-electron chi connectivity index (χ2n) is 20.0. The number of aliphatic hydroxyl groups is 1. The third-order valence-corrected chi connectivity index (χ3v) is 14.8. The molecule has 1 unspecified atom stereocenters. The van der Waals surface area contributed by atoms with Crippen LogP contribution in [0, 0.1) is 12.7 Å². The van der Waals surface area contributed by atoms with Gasteiger partial charge in [-0.25, -0.2) is 19.0 Å². The lowest BCUT2D eigenvalue weighted by Gasteiger charge is -2.31. The van der Waals surface area contributed by atoms with Gasteiger partial charge in [0.1, 0.15) is 25.5 Å². The number of nitrogens with zero attached hydrogens (tertiary/aromatic N) is 4. The monoisotopic (exact) mass is 1070 g/mol. The number of unbranched alkanes of at least 4 members (excludes halogenated alkanes) is 3. The molecule has 3 aliphatic heterocycles. The van der Waals surface area contributed by atoms with E-state index in [1.54, 1.807) is 61.9 Å². The molecular weight excluding hydrogens is 1010 g/mol. The van der Waals surface area contributed by atoms with Gasteiger partial charge in [0, 0.05) is 60.7 Å². The Hall–Kier alpha value is -8.27. The van der Waals surface area contributed by atoms with Crippen molar-refractivity contribution in [1.82, 2.24) is 41.0 Å². The number of halogens is 1. The average Bonchev–Trinajstić information content (AvgIpc) is 4.18. The predicted molar refractivity (Wildman–Crippen MR) is 280 cm³/mol. The molecule has 5 heterocycles. The molecule has 410 valence electrons. The summed E-state index contributed by atoms with van der Waals surface area (Å²) < 4.78 is 23.7. The highest BCUT2D eigenvalue weighted by Gasteiger charge is 2.46. The first-order valence-electron chi connectivity index (χ1n) is 26.2. The number of pyridine rings is 2. The van der Waals surface area contributed by atoms with Crippen molar-refractivity contribution >= 4 is 70.3 Å². The molecule has 2 aromatic heterocycles. The fraction of sp³-hybridized carbons (Fsp3) is 0.429. The van der Waals surface area contributed by atoms with Crippen molar-refractivity contribution < 1.29 is 62.0 Å². The number of imide groups is 1. The Kier molecular flexibility index (Phi) is 17.5. The molecule has 4 aromatic rings. The number of nitrogens with one attached hydrogen (secondary N) is 5. The lowest BCUT2D eigenvalue weighted by atomic mass is 9.78. The second kappa shape index (κ2) is 24.4. The van der Waals surface area contributed by atoms with E-state index in [4.69, 9.17) is 9.72 Å². The molecule has 1 aliphatic carbocycles. The molecule has 8 rings (SSSR count). The lowest BCUT2D eigenvalue weighted by Crippen LogP contribution is -2.52. The van der Waals surface area contributed by atoms with E-state index in [0.29, 0.717) is 67.4 Å². The highest BCUT2D eigenvalue weighted by atomic mass is 19.1. The van der Waals surface area contributed by atoms with Crippen molar-refractivity contribution in [3.8, 4) is 11.4 Å². The van der Waals surface area contributed by atoms with Crippen LogP contribution >= 0.6 is 0 Å². The maximum atomic E-state index is 15.4. The van der Waals surface area contributed by atoms with Gasteiger partial charge in [-0.05, 0) is 80.2 Å². The fourth-order valence-corrected chi connectivity index (χ4v) is 10.4. The molecule has 2 aromatic carbocycles. The summed E-state index contributed by atoms with van der Waals surface area (Å²) in [6, 6.07) is 10.8. The highest BCUT2D eigenvalue weighted by molar-refractivity contribution is 6.12. The predicted octanol–water partition coefficient (Wildman–Crippen LogP) is 1.64. The molecule has 0 fully saturated rings. The van der Waals surface area contributed by atoms with Crippen LogP contribution in [0.3, 0.4) is 0 Å². The number of aryl methyl sites for hydroxylation is 1. The summed E-state index contributed by atoms with van der Waals surface area (Å²) in [6.07, 6.45) is 8.09. The zero-order valence-corrected chi connectivity index (χ0v) is 43.8. The van der Waals surface area contributed by atoms with Gasteiger partial charge in [0.25, 0.3) is 17.4 Å². The standard InChI is InChI=1S/C56H62FN9O12/c1-4-56(77)38-24-42-52-36(30-66(42)54(75)37(38)31-78-55(56)76)50-34(17-18-35-32(2)39(57)25-40(63-52)51(35)50)29-64(3)47(71)16-10-11-21-58-44(68)27-61-53(74)41(23-33-13-7-5-8-14-33)62-46(70)28-60-45(69)26-59-43(67)15-9-6-12-22-65-48(72)19-20-49(65)73/h5,7-8,13-14,19-20,24-25,29,34,41,77H,4,6,9-12,15-18,21-23,26-28,30-31H2,1-3H3,(H4-,58,59,60,61,62,67,68,69,70,74)/p+1/b64-29-/t34?,41-,56-/m0/s1. The number of cyclic esters (lactones) is 1. The van der Waals surface area contributed by atoms with Crippen molar-refractivity contribution in [2.45, 2.75) is 115 Å². The number of aromatic nitrogens is 2. The van der Waals surface area contributed by atoms with Gasteiger partial charge in [-0.1, -0.05) is 43.7 Å². The fourth-order valence-electron chi connectivity index (χ4n) is 10.4. The van der Waals surface area contributed by atoms with Crippen LogP contribution in [0.4, 0.5) is 4.39 Å². The number of rotatable bonds is 23. The number of carbonyl (C=O) groups is 9. The van der Waals surface area contributed by atoms with Gasteiger partial charge in [0.15, 0.2) is 11.8 Å². The Morgan fingerprint density at radius 3 is 2.29 bits per heavy atom. The third kappa shape index (κ3) is 12.3. The van der Waals surface area contributed by atoms with E-state index >= 15 is 4.39 Å². The molecule has 4 aliphatic rings. The van der Waals surface area contributed by atoms with Crippen molar-refractivity contribution in [1.29, 1.82) is 0 Å². The summed E-state index contributed by atoms with van der Waals surface area (Å²) in [5.74, 6) is -5.33. The largest absolute Gasteiger partial charge is 0.458 e. The van der Waals surface area contributed by atoms with Gasteiger partial charge in [0.2, 0.25) is 29.5 Å². The lowest BCUT2D eigenvalue weighted by molar-refractivity contribution is -0.416. The Bertz CT molecular complexity index is 3230. The zero-order valence-electron chi connectivity index (χ0n) is 43.8. The molecule has 0 saturated carbocycles. The van der Waals surface area contributed by atoms with Crippen molar-refractivity contribution in [2.75, 3.05) is 39.8 Å². The normalized spacial score (nSPS) is 17.4. The number of hydrogen-bond donors (Lipinski definition) is 6. The van der Waals surface area contributed by atoms with Crippen LogP contribution in [0.15, 0.2) is 59.4 Å². The Labute approximate surface area is 448 Å². The first-order valence-corrected chi connectivity index (χ1v) is 26.2. The number of amides is 8. The van der Waals surface area contributed by atoms with Crippen molar-refractivity contribution in [3.05, 3.63) is 110 Å². The van der Waals surface area contributed by atoms with Crippen LogP contribution in [0.2, 0.25) is 0 Å². The Morgan fingerprint density at radius 2 is 1.55 bits per heavy atom. The summed E-state index contributed by atoms with van der Waals surface area (Å²) in [5, 5.41) is 25.0. The number of carbonyl (C=O) groups excluding carboxylic acids is 9. The van der Waals surface area contributed by atoms with E-state index in [-0.39, 0.29) is 99.1 Å². The minimum absolute atomic E-state index is 0.0211. The van der Waals surface area contributed by atoms with Gasteiger partial charge < -0.3 is 41.0 Å². The number of benzene rings is 2. The molecule has 0 radical (unpaired) electrons. The molecule has 6 N–H and O–H groups in total. The molecule has 21 nitrogen and oxygen atoms in total. The summed E-state index contributed by atoms with van der Waals surface area (Å²) in [6.45, 7) is 2.39. The van der Waals surface area contributed by atoms with E-state index < -0.39 is 65.7 Å². The molecule has 8 amide bonds. The van der Waals surface area contributed by atoms with Crippen LogP contribution in [0.25, 0.3) is 22.3 Å². The minimum Gasteiger partial charge on any atom is -0.458 e. The van der Waals surface area contributed by atoms with Gasteiger partial charge in [-0.2, -0.15) is 4.58 Å². The maximum absolute atomic E-state index is 15.4. The molecule has 0 spiro atoms. The Balaban J connectivity index is 0.798. The first kappa shape index (κ1) is 55.9. The highest BCUT2D eigenvalue weighted by Crippen LogP contribution is 2.46. The van der Waals surface area contributed by atoms with Gasteiger partial charge in [-0.15, -0.1) is 0 Å². The van der Waals surface area contributed by atoms with Crippen LogP contribution in [-0.2, 0) is 79.5 Å². The molecule has 3 atom stereocenters. The number of ether oxygens (including phenoxy) is 1. The SMILES string of the molecule is CC[C@@]1(O)C(=O)OCc2c1cc1n(c2=O)Cc2c-1nc1cc(F)c(C)c3c1c2C(/C=[N+](/C)C(=O)CCCCNC(=O)CNC(=O)[C@H](Cc1ccccc1)NC(=O)CNC(=O)CNC(=O)CCCCCN1C(=O)C=CC1=O)CC3. The van der Waals surface area contributed by atoms with Crippen LogP contribution in [0.1, 0.15) is 110 Å². The molecule has 0 saturated heterocycles. The molecule has 22 heteroatoms. The summed E-state index contributed by atoms with van der Waals surface area (Å²) in [5.41, 5.74) is 2.75. The van der Waals surface area contributed by atoms with Crippen LogP contribution < -0.4 is 32.1 Å². The number of fused-ring (bicyclic) bond motifs is 5. The second-order valence-corrected chi connectivity index (χ2v) is 20.0. The van der Waals surface area contributed by atoms with Crippen LogP contribution in [-0.4, -0.2) is 129 Å². The summed E-state index contributed by atoms with van der Waals surface area (Å²) >= 11 is 0. The zero-order chi connectivity index (χ0) is 55.8. The smallest absolute Gasteiger partial charge is 0.386 e. The average molecular weight is 1070 g/mol.